The normalized spacial score (nSPS) is 11.6. The Balaban J connectivity index is 2.03. The van der Waals surface area contributed by atoms with E-state index in [1.54, 1.807) is 24.3 Å². The van der Waals surface area contributed by atoms with Gasteiger partial charge in [0, 0.05) is 10.9 Å². The van der Waals surface area contributed by atoms with E-state index in [-0.39, 0.29) is 11.3 Å². The smallest absolute Gasteiger partial charge is 0.287 e. The number of nitrogens with zero attached hydrogens (tertiary/aromatic N) is 2. The number of hydrogen-bond acceptors (Lipinski definition) is 3. The molecule has 0 atom stereocenters. The Labute approximate surface area is 123 Å². The molecule has 6 heteroatoms. The Bertz CT molecular complexity index is 837. The average molecular weight is 302 g/mol. The van der Waals surface area contributed by atoms with Gasteiger partial charge in [0.1, 0.15) is 12.0 Å². The third-order valence-electron chi connectivity index (χ3n) is 3.23. The fourth-order valence-corrected chi connectivity index (χ4v) is 2.13. The lowest BCUT2D eigenvalue weighted by Crippen LogP contribution is -2.08. The van der Waals surface area contributed by atoms with Crippen LogP contribution < -0.4 is 0 Å². The maximum absolute atomic E-state index is 12.5. The summed E-state index contributed by atoms with van der Waals surface area (Å²) in [5.41, 5.74) is 0.131. The van der Waals surface area contributed by atoms with Crippen LogP contribution in [0.2, 0.25) is 0 Å². The Kier molecular flexibility index (Phi) is 3.36. The maximum Gasteiger partial charge on any atom is 0.416 e. The highest BCUT2D eigenvalue weighted by molar-refractivity contribution is 6.14. The van der Waals surface area contributed by atoms with Crippen LogP contribution in [0.5, 0.6) is 0 Å². The van der Waals surface area contributed by atoms with Crippen molar-refractivity contribution in [2.24, 2.45) is 0 Å². The molecule has 22 heavy (non-hydrogen) atoms. The molecule has 0 aliphatic carbocycles. The number of alkyl halides is 3. The second-order valence-electron chi connectivity index (χ2n) is 4.64. The van der Waals surface area contributed by atoms with Crippen LogP contribution >= 0.6 is 0 Å². The largest absolute Gasteiger partial charge is 0.416 e. The van der Waals surface area contributed by atoms with Crippen LogP contribution in [0.15, 0.2) is 54.9 Å². The fraction of sp³-hybridized carbons (Fsp3) is 0.0625. The molecule has 0 aliphatic heterocycles. The molecule has 0 saturated carbocycles. The number of rotatable bonds is 2. The third kappa shape index (κ3) is 2.55. The summed E-state index contributed by atoms with van der Waals surface area (Å²) in [6.45, 7) is 0. The van der Waals surface area contributed by atoms with Gasteiger partial charge in [0.2, 0.25) is 5.78 Å². The summed E-state index contributed by atoms with van der Waals surface area (Å²) >= 11 is 0. The molecular weight excluding hydrogens is 293 g/mol. The molecule has 1 heterocycles. The summed E-state index contributed by atoms with van der Waals surface area (Å²) < 4.78 is 37.6. The van der Waals surface area contributed by atoms with Gasteiger partial charge in [0.05, 0.1) is 11.1 Å². The Morgan fingerprint density at radius 3 is 2.27 bits per heavy atom. The fourth-order valence-electron chi connectivity index (χ4n) is 2.13. The highest BCUT2D eigenvalue weighted by Gasteiger charge is 2.30. The number of fused-ring (bicyclic) bond motifs is 1. The Hall–Kier alpha value is -2.76. The molecule has 0 unspecified atom stereocenters. The third-order valence-corrected chi connectivity index (χ3v) is 3.23. The van der Waals surface area contributed by atoms with Crippen molar-refractivity contribution in [3.05, 3.63) is 71.7 Å². The van der Waals surface area contributed by atoms with Gasteiger partial charge in [-0.2, -0.15) is 13.2 Å². The van der Waals surface area contributed by atoms with E-state index in [1.165, 1.54) is 6.33 Å². The first-order valence-corrected chi connectivity index (χ1v) is 6.38. The minimum Gasteiger partial charge on any atom is -0.287 e. The lowest BCUT2D eigenvalue weighted by Gasteiger charge is -2.08. The Morgan fingerprint density at radius 2 is 1.59 bits per heavy atom. The minimum atomic E-state index is -4.43. The summed E-state index contributed by atoms with van der Waals surface area (Å²) in [7, 11) is 0. The van der Waals surface area contributed by atoms with Crippen molar-refractivity contribution in [1.29, 1.82) is 0 Å². The molecule has 0 saturated heterocycles. The summed E-state index contributed by atoms with van der Waals surface area (Å²) in [4.78, 5) is 20.5. The number of para-hydroxylation sites is 1. The van der Waals surface area contributed by atoms with Gasteiger partial charge in [-0.1, -0.05) is 30.3 Å². The van der Waals surface area contributed by atoms with Crippen molar-refractivity contribution in [1.82, 2.24) is 9.97 Å². The van der Waals surface area contributed by atoms with E-state index in [0.717, 1.165) is 24.3 Å². The van der Waals surface area contributed by atoms with Crippen molar-refractivity contribution in [2.45, 2.75) is 6.18 Å². The van der Waals surface area contributed by atoms with Crippen molar-refractivity contribution < 1.29 is 18.0 Å². The highest BCUT2D eigenvalue weighted by Crippen LogP contribution is 2.29. The first-order valence-electron chi connectivity index (χ1n) is 6.38. The number of aromatic nitrogens is 2. The van der Waals surface area contributed by atoms with Crippen molar-refractivity contribution in [3.8, 4) is 0 Å². The summed E-state index contributed by atoms with van der Waals surface area (Å²) in [6.07, 6.45) is -3.16. The standard InChI is InChI=1S/C16H9F3N2O/c17-16(18,19)11-7-5-10(6-8-11)15(22)14-12-3-1-2-4-13(12)20-9-21-14/h1-9H. The number of ketones is 1. The minimum absolute atomic E-state index is 0.150. The predicted molar refractivity (Wildman–Crippen MR) is 74.4 cm³/mol. The molecule has 3 nitrogen and oxygen atoms in total. The highest BCUT2D eigenvalue weighted by atomic mass is 19.4. The second-order valence-corrected chi connectivity index (χ2v) is 4.64. The van der Waals surface area contributed by atoms with Gasteiger partial charge in [-0.3, -0.25) is 4.79 Å². The second kappa shape index (κ2) is 5.22. The average Bonchev–Trinajstić information content (AvgIpc) is 2.53. The number of halogens is 3. The molecule has 0 fully saturated rings. The zero-order chi connectivity index (χ0) is 15.7. The van der Waals surface area contributed by atoms with Crippen LogP contribution in [0, 0.1) is 0 Å². The van der Waals surface area contributed by atoms with E-state index < -0.39 is 17.5 Å². The first kappa shape index (κ1) is 14.2. The van der Waals surface area contributed by atoms with Crippen LogP contribution in [0.1, 0.15) is 21.6 Å². The van der Waals surface area contributed by atoms with Crippen molar-refractivity contribution in [3.63, 3.8) is 0 Å². The number of carbonyl (C=O) groups excluding carboxylic acids is 1. The van der Waals surface area contributed by atoms with E-state index in [1.807, 2.05) is 0 Å². The molecule has 1 aromatic heterocycles. The molecule has 2 aromatic carbocycles. The SMILES string of the molecule is O=C(c1ccc(C(F)(F)F)cc1)c1ncnc2ccccc12. The van der Waals surface area contributed by atoms with Gasteiger partial charge in [-0.05, 0) is 18.2 Å². The summed E-state index contributed by atoms with van der Waals surface area (Å²) in [5, 5.41) is 0.565. The van der Waals surface area contributed by atoms with Gasteiger partial charge in [-0.25, -0.2) is 9.97 Å². The van der Waals surface area contributed by atoms with E-state index in [0.29, 0.717) is 10.9 Å². The molecule has 0 amide bonds. The van der Waals surface area contributed by atoms with Crippen LogP contribution in [-0.2, 0) is 6.18 Å². The molecule has 0 bridgehead atoms. The number of hydrogen-bond donors (Lipinski definition) is 0. The van der Waals surface area contributed by atoms with E-state index >= 15 is 0 Å². The zero-order valence-electron chi connectivity index (χ0n) is 11.1. The monoisotopic (exact) mass is 302 g/mol. The topological polar surface area (TPSA) is 42.9 Å². The van der Waals surface area contributed by atoms with Gasteiger partial charge in [0.25, 0.3) is 0 Å². The van der Waals surface area contributed by atoms with Crippen LogP contribution in [0.4, 0.5) is 13.2 Å². The van der Waals surface area contributed by atoms with Gasteiger partial charge in [0.15, 0.2) is 0 Å². The van der Waals surface area contributed by atoms with E-state index in [9.17, 15) is 18.0 Å². The summed E-state index contributed by atoms with van der Waals surface area (Å²) in [6, 6.07) is 11.0. The van der Waals surface area contributed by atoms with Gasteiger partial charge < -0.3 is 0 Å². The molecule has 0 radical (unpaired) electrons. The van der Waals surface area contributed by atoms with Crippen LogP contribution in [0.3, 0.4) is 0 Å². The van der Waals surface area contributed by atoms with Gasteiger partial charge >= 0.3 is 6.18 Å². The van der Waals surface area contributed by atoms with Crippen molar-refractivity contribution in [2.75, 3.05) is 0 Å². The molecular formula is C16H9F3N2O. The first-order chi connectivity index (χ1) is 10.5. The lowest BCUT2D eigenvalue weighted by atomic mass is 10.0. The van der Waals surface area contributed by atoms with Crippen molar-refractivity contribution >= 4 is 16.7 Å². The summed E-state index contributed by atoms with van der Waals surface area (Å²) in [5.74, 6) is -0.438. The molecule has 3 rings (SSSR count). The molecule has 3 aromatic rings. The quantitative estimate of drug-likeness (QED) is 0.675. The predicted octanol–water partition coefficient (Wildman–Crippen LogP) is 3.88. The Morgan fingerprint density at radius 1 is 0.909 bits per heavy atom. The maximum atomic E-state index is 12.5. The molecule has 0 spiro atoms. The van der Waals surface area contributed by atoms with Crippen LogP contribution in [-0.4, -0.2) is 15.8 Å². The van der Waals surface area contributed by atoms with E-state index in [2.05, 4.69) is 9.97 Å². The van der Waals surface area contributed by atoms with Gasteiger partial charge in [-0.15, -0.1) is 0 Å². The van der Waals surface area contributed by atoms with E-state index in [4.69, 9.17) is 0 Å². The number of carbonyl (C=O) groups is 1. The molecule has 110 valence electrons. The molecule has 0 N–H and O–H groups in total. The zero-order valence-corrected chi connectivity index (χ0v) is 11.1. The number of benzene rings is 2. The lowest BCUT2D eigenvalue weighted by molar-refractivity contribution is -0.137. The van der Waals surface area contributed by atoms with Crippen LogP contribution in [0.25, 0.3) is 10.9 Å². The molecule has 0 aliphatic rings.